The van der Waals surface area contributed by atoms with E-state index in [0.29, 0.717) is 18.2 Å². The highest BCUT2D eigenvalue weighted by molar-refractivity contribution is 5.68. The molecule has 0 saturated heterocycles. The SMILES string of the molecule is C#C.Cc1cccc(Cc2nnc(/C=C/c3cccc(C)c3C)o2)c1. The summed E-state index contributed by atoms with van der Waals surface area (Å²) in [5.74, 6) is 1.17. The van der Waals surface area contributed by atoms with E-state index in [-0.39, 0.29) is 0 Å². The standard InChI is InChI=1S/C20H20N2O.C2H2/c1-14-6-4-8-17(12-14)13-20-22-21-19(23-20)11-10-18-9-5-7-15(2)16(18)3;1-2/h4-12H,13H2,1-3H3;1-2H/b11-10+;. The Morgan fingerprint density at radius 3 is 2.48 bits per heavy atom. The third-order valence-electron chi connectivity index (χ3n) is 3.97. The quantitative estimate of drug-likeness (QED) is 0.632. The molecule has 126 valence electrons. The van der Waals surface area contributed by atoms with Crippen LogP contribution in [0.1, 0.15) is 39.6 Å². The van der Waals surface area contributed by atoms with Gasteiger partial charge in [-0.1, -0.05) is 48.0 Å². The van der Waals surface area contributed by atoms with Crippen molar-refractivity contribution in [1.29, 1.82) is 0 Å². The first kappa shape index (κ1) is 18.2. The molecule has 3 rings (SSSR count). The zero-order valence-corrected chi connectivity index (χ0v) is 14.9. The van der Waals surface area contributed by atoms with Crippen LogP contribution >= 0.6 is 0 Å². The van der Waals surface area contributed by atoms with Gasteiger partial charge in [0.25, 0.3) is 0 Å². The summed E-state index contributed by atoms with van der Waals surface area (Å²) in [5, 5.41) is 8.22. The maximum Gasteiger partial charge on any atom is 0.240 e. The molecule has 1 heterocycles. The Kier molecular flexibility index (Phi) is 6.31. The van der Waals surface area contributed by atoms with E-state index in [9.17, 15) is 0 Å². The molecule has 25 heavy (non-hydrogen) atoms. The van der Waals surface area contributed by atoms with E-state index >= 15 is 0 Å². The van der Waals surface area contributed by atoms with Crippen molar-refractivity contribution in [2.45, 2.75) is 27.2 Å². The molecule has 3 heteroatoms. The van der Waals surface area contributed by atoms with Crippen molar-refractivity contribution in [2.75, 3.05) is 0 Å². The van der Waals surface area contributed by atoms with Crippen LogP contribution in [0.15, 0.2) is 46.9 Å². The van der Waals surface area contributed by atoms with Crippen molar-refractivity contribution in [2.24, 2.45) is 0 Å². The van der Waals surface area contributed by atoms with Crippen molar-refractivity contribution in [3.63, 3.8) is 0 Å². The Hall–Kier alpha value is -3.12. The van der Waals surface area contributed by atoms with E-state index < -0.39 is 0 Å². The molecule has 2 aromatic carbocycles. The van der Waals surface area contributed by atoms with Crippen LogP contribution in [0.25, 0.3) is 12.2 Å². The van der Waals surface area contributed by atoms with Crippen molar-refractivity contribution >= 4 is 12.2 Å². The average molecular weight is 330 g/mol. The Labute approximate surface area is 149 Å². The first-order chi connectivity index (χ1) is 12.1. The summed E-state index contributed by atoms with van der Waals surface area (Å²) in [4.78, 5) is 0. The number of hydrogen-bond acceptors (Lipinski definition) is 3. The molecule has 0 fully saturated rings. The van der Waals surface area contributed by atoms with Gasteiger partial charge in [-0.15, -0.1) is 23.0 Å². The molecule has 0 N–H and O–H groups in total. The second kappa shape index (κ2) is 8.65. The van der Waals surface area contributed by atoms with Crippen molar-refractivity contribution in [3.8, 4) is 12.8 Å². The third-order valence-corrected chi connectivity index (χ3v) is 3.97. The maximum absolute atomic E-state index is 5.71. The molecule has 0 aliphatic carbocycles. The fraction of sp³-hybridized carbons (Fsp3) is 0.182. The smallest absolute Gasteiger partial charge is 0.240 e. The van der Waals surface area contributed by atoms with Gasteiger partial charge in [0, 0.05) is 6.08 Å². The van der Waals surface area contributed by atoms with Crippen molar-refractivity contribution in [1.82, 2.24) is 10.2 Å². The summed E-state index contributed by atoms with van der Waals surface area (Å²) in [5.41, 5.74) is 6.13. The van der Waals surface area contributed by atoms with Crippen LogP contribution in [-0.2, 0) is 6.42 Å². The summed E-state index contributed by atoms with van der Waals surface area (Å²) in [6.07, 6.45) is 12.5. The second-order valence-corrected chi connectivity index (χ2v) is 5.82. The fourth-order valence-corrected chi connectivity index (χ4v) is 2.52. The second-order valence-electron chi connectivity index (χ2n) is 5.82. The fourth-order valence-electron chi connectivity index (χ4n) is 2.52. The summed E-state index contributed by atoms with van der Waals surface area (Å²) >= 11 is 0. The minimum Gasteiger partial charge on any atom is -0.421 e. The molecule has 0 unspecified atom stereocenters. The van der Waals surface area contributed by atoms with E-state index in [2.05, 4.69) is 80.2 Å². The van der Waals surface area contributed by atoms with E-state index in [1.807, 2.05) is 18.2 Å². The Morgan fingerprint density at radius 1 is 0.960 bits per heavy atom. The topological polar surface area (TPSA) is 38.9 Å². The van der Waals surface area contributed by atoms with Gasteiger partial charge in [-0.3, -0.25) is 0 Å². The molecule has 0 atom stereocenters. The number of terminal acetylenes is 1. The Morgan fingerprint density at radius 2 is 1.72 bits per heavy atom. The van der Waals surface area contributed by atoms with Gasteiger partial charge in [-0.25, -0.2) is 0 Å². The van der Waals surface area contributed by atoms with Gasteiger partial charge in [0.15, 0.2) is 0 Å². The van der Waals surface area contributed by atoms with E-state index in [1.54, 1.807) is 0 Å². The first-order valence-corrected chi connectivity index (χ1v) is 8.07. The highest BCUT2D eigenvalue weighted by Gasteiger charge is 2.05. The molecule has 0 radical (unpaired) electrons. The van der Waals surface area contributed by atoms with E-state index in [1.165, 1.54) is 27.8 Å². The highest BCUT2D eigenvalue weighted by atomic mass is 16.4. The van der Waals surface area contributed by atoms with Crippen LogP contribution in [-0.4, -0.2) is 10.2 Å². The molecule has 0 aliphatic rings. The van der Waals surface area contributed by atoms with Gasteiger partial charge in [0.05, 0.1) is 6.42 Å². The third kappa shape index (κ3) is 4.92. The molecule has 3 aromatic rings. The molecule has 0 spiro atoms. The number of rotatable bonds is 4. The summed E-state index contributed by atoms with van der Waals surface area (Å²) < 4.78 is 5.71. The van der Waals surface area contributed by atoms with Crippen LogP contribution in [0, 0.1) is 33.6 Å². The summed E-state index contributed by atoms with van der Waals surface area (Å²) in [6.45, 7) is 6.31. The number of nitrogens with zero attached hydrogens (tertiary/aromatic N) is 2. The largest absolute Gasteiger partial charge is 0.421 e. The van der Waals surface area contributed by atoms with Crippen molar-refractivity contribution in [3.05, 3.63) is 82.1 Å². The lowest BCUT2D eigenvalue weighted by Crippen LogP contribution is -1.88. The Balaban J connectivity index is 0.00000109. The zero-order chi connectivity index (χ0) is 18.2. The van der Waals surface area contributed by atoms with Gasteiger partial charge >= 0.3 is 0 Å². The molecule has 0 aliphatic heterocycles. The maximum atomic E-state index is 5.71. The lowest BCUT2D eigenvalue weighted by atomic mass is 10.0. The number of aryl methyl sites for hydroxylation is 2. The van der Waals surface area contributed by atoms with Gasteiger partial charge < -0.3 is 4.42 Å². The van der Waals surface area contributed by atoms with Crippen molar-refractivity contribution < 1.29 is 4.42 Å². The van der Waals surface area contributed by atoms with Gasteiger partial charge in [0.2, 0.25) is 11.8 Å². The minimum absolute atomic E-state index is 0.536. The Bertz CT molecular complexity index is 888. The zero-order valence-electron chi connectivity index (χ0n) is 14.9. The average Bonchev–Trinajstić information content (AvgIpc) is 3.05. The van der Waals surface area contributed by atoms with Gasteiger partial charge in [-0.2, -0.15) is 0 Å². The predicted molar refractivity (Wildman–Crippen MR) is 103 cm³/mol. The minimum atomic E-state index is 0.536. The normalized spacial score (nSPS) is 10.4. The van der Waals surface area contributed by atoms with E-state index in [4.69, 9.17) is 4.42 Å². The molecule has 1 aromatic heterocycles. The molecular formula is C22H22N2O. The lowest BCUT2D eigenvalue weighted by molar-refractivity contribution is 0.496. The predicted octanol–water partition coefficient (Wildman–Crippen LogP) is 5.01. The van der Waals surface area contributed by atoms with Crippen LogP contribution < -0.4 is 0 Å². The molecule has 0 amide bonds. The van der Waals surface area contributed by atoms with Crippen LogP contribution in [0.3, 0.4) is 0 Å². The van der Waals surface area contributed by atoms with Gasteiger partial charge in [-0.05, 0) is 49.1 Å². The summed E-state index contributed by atoms with van der Waals surface area (Å²) in [7, 11) is 0. The van der Waals surface area contributed by atoms with E-state index in [0.717, 1.165) is 0 Å². The first-order valence-electron chi connectivity index (χ1n) is 8.07. The molecular weight excluding hydrogens is 308 g/mol. The molecule has 0 saturated carbocycles. The molecule has 0 bridgehead atoms. The van der Waals surface area contributed by atoms with Crippen LogP contribution in [0.2, 0.25) is 0 Å². The number of hydrogen-bond donors (Lipinski definition) is 0. The highest BCUT2D eigenvalue weighted by Crippen LogP contribution is 2.16. The number of benzene rings is 2. The monoisotopic (exact) mass is 330 g/mol. The molecule has 3 nitrogen and oxygen atoms in total. The van der Waals surface area contributed by atoms with Gasteiger partial charge in [0.1, 0.15) is 0 Å². The van der Waals surface area contributed by atoms with Crippen LogP contribution in [0.5, 0.6) is 0 Å². The summed E-state index contributed by atoms with van der Waals surface area (Å²) in [6, 6.07) is 14.6. The van der Waals surface area contributed by atoms with Crippen LogP contribution in [0.4, 0.5) is 0 Å². The number of aromatic nitrogens is 2. The lowest BCUT2D eigenvalue weighted by Gasteiger charge is -2.02.